The number of benzene rings is 2. The van der Waals surface area contributed by atoms with E-state index in [2.05, 4.69) is 16.9 Å². The van der Waals surface area contributed by atoms with Crippen LogP contribution in [-0.4, -0.2) is 26.9 Å². The molecule has 5 nitrogen and oxygen atoms in total. The Hall–Kier alpha value is -3.10. The summed E-state index contributed by atoms with van der Waals surface area (Å²) in [6.07, 6.45) is -0.689. The van der Waals surface area contributed by atoms with Crippen LogP contribution >= 0.6 is 0 Å². The Morgan fingerprint density at radius 3 is 2.78 bits per heavy atom. The summed E-state index contributed by atoms with van der Waals surface area (Å²) in [5, 5.41) is 14.3. The molecule has 3 aromatic rings. The molecule has 3 rings (SSSR count). The molecule has 0 unspecified atom stereocenters. The molecule has 1 heterocycles. The Bertz CT molecular complexity index is 946. The highest BCUT2D eigenvalue weighted by Crippen LogP contribution is 2.22. The van der Waals surface area contributed by atoms with Crippen molar-refractivity contribution >= 4 is 16.8 Å². The van der Waals surface area contributed by atoms with Crippen LogP contribution in [0.5, 0.6) is 0 Å². The SMILES string of the molecule is C[C@@H](O)C#Cc1cccc(-n2nc(C(N)=O)c3ccccc32)c1. The first-order valence-electron chi connectivity index (χ1n) is 7.14. The second-order valence-electron chi connectivity index (χ2n) is 5.14. The Labute approximate surface area is 133 Å². The first kappa shape index (κ1) is 14.8. The molecule has 2 aromatic carbocycles. The van der Waals surface area contributed by atoms with E-state index < -0.39 is 12.0 Å². The number of hydrogen-bond donors (Lipinski definition) is 2. The molecule has 114 valence electrons. The molecule has 0 aliphatic rings. The maximum atomic E-state index is 11.6. The Morgan fingerprint density at radius 1 is 1.26 bits per heavy atom. The summed E-state index contributed by atoms with van der Waals surface area (Å²) >= 11 is 0. The molecular formula is C18H15N3O2. The molecule has 3 N–H and O–H groups in total. The number of aromatic nitrogens is 2. The number of carbonyl (C=O) groups excluding carboxylic acids is 1. The van der Waals surface area contributed by atoms with Crippen LogP contribution in [-0.2, 0) is 0 Å². The van der Waals surface area contributed by atoms with Crippen LogP contribution in [0.2, 0.25) is 0 Å². The fourth-order valence-electron chi connectivity index (χ4n) is 2.35. The van der Waals surface area contributed by atoms with E-state index in [-0.39, 0.29) is 5.69 Å². The molecule has 1 amide bonds. The smallest absolute Gasteiger partial charge is 0.269 e. The normalized spacial score (nSPS) is 11.7. The van der Waals surface area contributed by atoms with Gasteiger partial charge >= 0.3 is 0 Å². The van der Waals surface area contributed by atoms with Crippen LogP contribution in [0.4, 0.5) is 0 Å². The van der Waals surface area contributed by atoms with Gasteiger partial charge in [0.25, 0.3) is 5.91 Å². The second-order valence-corrected chi connectivity index (χ2v) is 5.14. The molecule has 0 aliphatic carbocycles. The summed E-state index contributed by atoms with van der Waals surface area (Å²) in [7, 11) is 0. The third-order valence-electron chi connectivity index (χ3n) is 3.34. The molecule has 23 heavy (non-hydrogen) atoms. The van der Waals surface area contributed by atoms with Gasteiger partial charge < -0.3 is 10.8 Å². The lowest BCUT2D eigenvalue weighted by atomic mass is 10.2. The van der Waals surface area contributed by atoms with Gasteiger partial charge in [-0.1, -0.05) is 36.1 Å². The number of carbonyl (C=O) groups is 1. The average Bonchev–Trinajstić information content (AvgIpc) is 2.93. The van der Waals surface area contributed by atoms with E-state index in [1.165, 1.54) is 0 Å². The number of primary amides is 1. The maximum Gasteiger partial charge on any atom is 0.269 e. The van der Waals surface area contributed by atoms with Crippen LogP contribution in [0.25, 0.3) is 16.6 Å². The molecule has 0 saturated heterocycles. The average molecular weight is 305 g/mol. The van der Waals surface area contributed by atoms with E-state index in [1.807, 2.05) is 48.5 Å². The topological polar surface area (TPSA) is 81.1 Å². The van der Waals surface area contributed by atoms with Gasteiger partial charge in [-0.25, -0.2) is 4.68 Å². The monoisotopic (exact) mass is 305 g/mol. The number of para-hydroxylation sites is 1. The van der Waals surface area contributed by atoms with Crippen molar-refractivity contribution in [2.75, 3.05) is 0 Å². The van der Waals surface area contributed by atoms with Crippen molar-refractivity contribution in [2.24, 2.45) is 5.73 Å². The summed E-state index contributed by atoms with van der Waals surface area (Å²) in [4.78, 5) is 11.6. The van der Waals surface area contributed by atoms with Gasteiger partial charge in [-0.15, -0.1) is 0 Å². The van der Waals surface area contributed by atoms with Crippen LogP contribution < -0.4 is 5.73 Å². The molecule has 1 atom stereocenters. The van der Waals surface area contributed by atoms with Crippen LogP contribution in [0.3, 0.4) is 0 Å². The Kier molecular flexibility index (Phi) is 3.83. The van der Waals surface area contributed by atoms with Crippen molar-refractivity contribution in [3.05, 3.63) is 59.8 Å². The minimum atomic E-state index is -0.689. The molecule has 5 heteroatoms. The Balaban J connectivity index is 2.16. The van der Waals surface area contributed by atoms with E-state index >= 15 is 0 Å². The van der Waals surface area contributed by atoms with Gasteiger partial charge in [-0.3, -0.25) is 4.79 Å². The lowest BCUT2D eigenvalue weighted by Crippen LogP contribution is -2.12. The summed E-state index contributed by atoms with van der Waals surface area (Å²) in [5.41, 5.74) is 7.97. The van der Waals surface area contributed by atoms with Crippen molar-refractivity contribution in [1.82, 2.24) is 9.78 Å². The minimum Gasteiger partial charge on any atom is -0.381 e. The lowest BCUT2D eigenvalue weighted by molar-refractivity contribution is 0.0996. The van der Waals surface area contributed by atoms with Gasteiger partial charge in [-0.2, -0.15) is 5.10 Å². The van der Waals surface area contributed by atoms with Gasteiger partial charge in [0.05, 0.1) is 11.2 Å². The quantitative estimate of drug-likeness (QED) is 0.709. The van der Waals surface area contributed by atoms with Gasteiger partial charge in [-0.05, 0) is 31.2 Å². The summed E-state index contributed by atoms with van der Waals surface area (Å²) in [5.74, 6) is 5.04. The predicted octanol–water partition coefficient (Wildman–Crippen LogP) is 1.86. The molecule has 0 bridgehead atoms. The zero-order valence-corrected chi connectivity index (χ0v) is 12.5. The second kappa shape index (κ2) is 5.95. The minimum absolute atomic E-state index is 0.237. The third-order valence-corrected chi connectivity index (χ3v) is 3.34. The van der Waals surface area contributed by atoms with E-state index in [4.69, 9.17) is 5.73 Å². The van der Waals surface area contributed by atoms with E-state index in [9.17, 15) is 9.90 Å². The number of aliphatic hydroxyl groups excluding tert-OH is 1. The summed E-state index contributed by atoms with van der Waals surface area (Å²) < 4.78 is 1.67. The van der Waals surface area contributed by atoms with Crippen LogP contribution in [0.15, 0.2) is 48.5 Å². The first-order chi connectivity index (χ1) is 11.1. The molecule has 1 aromatic heterocycles. The van der Waals surface area contributed by atoms with Gasteiger partial charge in [0.2, 0.25) is 0 Å². The summed E-state index contributed by atoms with van der Waals surface area (Å²) in [6.45, 7) is 1.61. The first-order valence-corrected chi connectivity index (χ1v) is 7.14. The van der Waals surface area contributed by atoms with Gasteiger partial charge in [0.15, 0.2) is 5.69 Å². The predicted molar refractivity (Wildman–Crippen MR) is 88.1 cm³/mol. The summed E-state index contributed by atoms with van der Waals surface area (Å²) in [6, 6.07) is 14.8. The molecule has 0 aliphatic heterocycles. The molecule has 0 fully saturated rings. The van der Waals surface area contributed by atoms with Crippen LogP contribution in [0.1, 0.15) is 23.0 Å². The largest absolute Gasteiger partial charge is 0.381 e. The fraction of sp³-hybridized carbons (Fsp3) is 0.111. The molecule has 0 spiro atoms. The number of fused-ring (bicyclic) bond motifs is 1. The van der Waals surface area contributed by atoms with Crippen molar-refractivity contribution in [3.63, 3.8) is 0 Å². The van der Waals surface area contributed by atoms with Crippen molar-refractivity contribution in [1.29, 1.82) is 0 Å². The number of amides is 1. The van der Waals surface area contributed by atoms with Gasteiger partial charge in [0.1, 0.15) is 6.10 Å². The van der Waals surface area contributed by atoms with Crippen LogP contribution in [0, 0.1) is 11.8 Å². The van der Waals surface area contributed by atoms with Crippen molar-refractivity contribution < 1.29 is 9.90 Å². The van der Waals surface area contributed by atoms with Crippen molar-refractivity contribution in [3.8, 4) is 17.5 Å². The highest BCUT2D eigenvalue weighted by atomic mass is 16.3. The number of nitrogens with two attached hydrogens (primary N) is 1. The third kappa shape index (κ3) is 2.93. The van der Waals surface area contributed by atoms with E-state index in [0.717, 1.165) is 16.8 Å². The number of aliphatic hydroxyl groups is 1. The highest BCUT2D eigenvalue weighted by Gasteiger charge is 2.15. The maximum absolute atomic E-state index is 11.6. The highest BCUT2D eigenvalue weighted by molar-refractivity contribution is 6.04. The zero-order valence-electron chi connectivity index (χ0n) is 12.5. The zero-order chi connectivity index (χ0) is 16.4. The molecule has 0 saturated carbocycles. The number of hydrogen-bond acceptors (Lipinski definition) is 3. The fourth-order valence-corrected chi connectivity index (χ4v) is 2.35. The van der Waals surface area contributed by atoms with Crippen molar-refractivity contribution in [2.45, 2.75) is 13.0 Å². The van der Waals surface area contributed by atoms with E-state index in [0.29, 0.717) is 5.39 Å². The van der Waals surface area contributed by atoms with E-state index in [1.54, 1.807) is 11.6 Å². The Morgan fingerprint density at radius 2 is 2.04 bits per heavy atom. The number of rotatable bonds is 2. The molecule has 0 radical (unpaired) electrons. The number of nitrogens with zero attached hydrogens (tertiary/aromatic N) is 2. The lowest BCUT2D eigenvalue weighted by Gasteiger charge is -2.04. The standard InChI is InChI=1S/C18H15N3O2/c1-12(22)9-10-13-5-4-6-14(11-13)21-16-8-3-2-7-15(16)17(20-21)18(19)23/h2-8,11-12,22H,1H3,(H2,19,23)/t12-/m1/s1. The molecular weight excluding hydrogens is 290 g/mol. The van der Waals surface area contributed by atoms with Gasteiger partial charge in [0, 0.05) is 10.9 Å².